The van der Waals surface area contributed by atoms with Crippen LogP contribution in [0.4, 0.5) is 5.82 Å². The van der Waals surface area contributed by atoms with Crippen LogP contribution in [-0.4, -0.2) is 51.5 Å². The first-order chi connectivity index (χ1) is 21.6. The minimum Gasteiger partial charge on any atom is -0.493 e. The Morgan fingerprint density at radius 3 is 2.18 bits per heavy atom. The zero-order valence-corrected chi connectivity index (χ0v) is 24.6. The Balaban J connectivity index is 1.33. The van der Waals surface area contributed by atoms with E-state index in [9.17, 15) is 5.11 Å². The summed E-state index contributed by atoms with van der Waals surface area (Å²) in [5.41, 5.74) is 5.69. The lowest BCUT2D eigenvalue weighted by Gasteiger charge is -2.18. The number of methoxy groups -OCH3 is 2. The molecule has 0 radical (unpaired) electrons. The van der Waals surface area contributed by atoms with Crippen LogP contribution in [0.3, 0.4) is 0 Å². The molecule has 1 atom stereocenters. The number of aliphatic hydroxyl groups is 1. The van der Waals surface area contributed by atoms with Gasteiger partial charge >= 0.3 is 6.01 Å². The molecule has 44 heavy (non-hydrogen) atoms. The van der Waals surface area contributed by atoms with Crippen molar-refractivity contribution in [3.63, 3.8) is 0 Å². The van der Waals surface area contributed by atoms with Crippen molar-refractivity contribution in [1.82, 2.24) is 19.5 Å². The Labute approximate surface area is 255 Å². The van der Waals surface area contributed by atoms with Gasteiger partial charge in [0.25, 0.3) is 0 Å². The van der Waals surface area contributed by atoms with E-state index in [1.807, 2.05) is 53.1 Å². The van der Waals surface area contributed by atoms with Crippen LogP contribution in [0.2, 0.25) is 0 Å². The fourth-order valence-electron chi connectivity index (χ4n) is 5.05. The molecule has 9 heteroatoms. The van der Waals surface area contributed by atoms with Crippen LogP contribution in [-0.2, 0) is 13.0 Å². The lowest BCUT2D eigenvalue weighted by Crippen LogP contribution is -2.27. The number of hydrogen-bond donors (Lipinski definition) is 2. The third kappa shape index (κ3) is 6.48. The predicted molar refractivity (Wildman–Crippen MR) is 171 cm³/mol. The largest absolute Gasteiger partial charge is 0.493 e. The molecule has 2 N–H and O–H groups in total. The van der Waals surface area contributed by atoms with Gasteiger partial charge < -0.3 is 29.2 Å². The summed E-state index contributed by atoms with van der Waals surface area (Å²) in [4.78, 5) is 14.1. The van der Waals surface area contributed by atoms with Crippen LogP contribution in [0.5, 0.6) is 23.3 Å². The standard InChI is InChI=1S/C35H33N5O4/c1-42-30-18-17-29(20-31(30)43-2)44-35-38-33(37-28(22-41)19-24-9-5-3-6-10-24)32-34(39-35)40(23-36-32)21-25-13-15-27(16-14-25)26-11-7-4-8-12-26/h3-18,20,23,28,41H,19,21-22H2,1-2H3,(H,37,38,39)/t28-/m0/s1. The number of fused-ring (bicyclic) bond motifs is 1. The van der Waals surface area contributed by atoms with Crippen LogP contribution in [0.1, 0.15) is 11.1 Å². The van der Waals surface area contributed by atoms with E-state index >= 15 is 0 Å². The summed E-state index contributed by atoms with van der Waals surface area (Å²) in [6.07, 6.45) is 2.35. The number of anilines is 1. The van der Waals surface area contributed by atoms with Gasteiger partial charge in [0.2, 0.25) is 0 Å². The molecule has 9 nitrogen and oxygen atoms in total. The highest BCUT2D eigenvalue weighted by Gasteiger charge is 2.19. The van der Waals surface area contributed by atoms with Gasteiger partial charge in [0.05, 0.1) is 39.7 Å². The maximum atomic E-state index is 10.2. The molecule has 0 saturated carbocycles. The zero-order chi connectivity index (χ0) is 30.3. The fourth-order valence-corrected chi connectivity index (χ4v) is 5.05. The number of rotatable bonds is 12. The molecule has 0 unspecified atom stereocenters. The van der Waals surface area contributed by atoms with Gasteiger partial charge in [-0.3, -0.25) is 0 Å². The first kappa shape index (κ1) is 28.7. The van der Waals surface area contributed by atoms with E-state index in [4.69, 9.17) is 19.2 Å². The van der Waals surface area contributed by atoms with Gasteiger partial charge in [-0.1, -0.05) is 84.9 Å². The van der Waals surface area contributed by atoms with Crippen LogP contribution in [0.15, 0.2) is 109 Å². The molecule has 0 bridgehead atoms. The number of benzene rings is 4. The molecule has 222 valence electrons. The second-order valence-corrected chi connectivity index (χ2v) is 10.3. The first-order valence-electron chi connectivity index (χ1n) is 14.3. The van der Waals surface area contributed by atoms with Gasteiger partial charge in [-0.05, 0) is 40.8 Å². The summed E-state index contributed by atoms with van der Waals surface area (Å²) in [6.45, 7) is 0.450. The molecule has 2 heterocycles. The van der Waals surface area contributed by atoms with E-state index in [1.165, 1.54) is 5.56 Å². The summed E-state index contributed by atoms with van der Waals surface area (Å²) in [7, 11) is 3.15. The maximum Gasteiger partial charge on any atom is 0.326 e. The third-order valence-electron chi connectivity index (χ3n) is 7.31. The normalized spacial score (nSPS) is 11.7. The van der Waals surface area contributed by atoms with Gasteiger partial charge in [0, 0.05) is 6.07 Å². The molecule has 2 aromatic heterocycles. The Hall–Kier alpha value is -5.41. The Morgan fingerprint density at radius 1 is 0.773 bits per heavy atom. The van der Waals surface area contributed by atoms with E-state index in [-0.39, 0.29) is 18.7 Å². The van der Waals surface area contributed by atoms with Gasteiger partial charge in [-0.15, -0.1) is 0 Å². The number of imidazole rings is 1. The quantitative estimate of drug-likeness (QED) is 0.170. The average Bonchev–Trinajstić information content (AvgIpc) is 3.48. The maximum absolute atomic E-state index is 10.2. The van der Waals surface area contributed by atoms with Gasteiger partial charge in [-0.25, -0.2) is 4.98 Å². The lowest BCUT2D eigenvalue weighted by molar-refractivity contribution is 0.273. The molecular formula is C35H33N5O4. The molecule has 0 fully saturated rings. The van der Waals surface area contributed by atoms with Crippen molar-refractivity contribution in [2.24, 2.45) is 0 Å². The molecule has 0 aliphatic rings. The van der Waals surface area contributed by atoms with E-state index in [1.54, 1.807) is 38.7 Å². The molecule has 0 spiro atoms. The van der Waals surface area contributed by atoms with E-state index in [0.717, 1.165) is 16.7 Å². The molecule has 0 amide bonds. The SMILES string of the molecule is COc1ccc(Oc2nc(N[C@H](CO)Cc3ccccc3)c3ncn(Cc4ccc(-c5ccccc5)cc4)c3n2)cc1OC. The highest BCUT2D eigenvalue weighted by atomic mass is 16.5. The van der Waals surface area contributed by atoms with Crippen molar-refractivity contribution in [3.05, 3.63) is 121 Å². The van der Waals surface area contributed by atoms with Crippen molar-refractivity contribution in [2.45, 2.75) is 19.0 Å². The van der Waals surface area contributed by atoms with Gasteiger partial charge in [-0.2, -0.15) is 9.97 Å². The van der Waals surface area contributed by atoms with Crippen molar-refractivity contribution in [3.8, 4) is 34.4 Å². The fraction of sp³-hybridized carbons (Fsp3) is 0.171. The van der Waals surface area contributed by atoms with Crippen molar-refractivity contribution in [1.29, 1.82) is 0 Å². The van der Waals surface area contributed by atoms with Gasteiger partial charge in [0.1, 0.15) is 5.75 Å². The predicted octanol–water partition coefficient (Wildman–Crippen LogP) is 6.37. The zero-order valence-electron chi connectivity index (χ0n) is 24.6. The number of aliphatic hydroxyl groups excluding tert-OH is 1. The molecule has 0 aliphatic carbocycles. The van der Waals surface area contributed by atoms with Crippen molar-refractivity contribution < 1.29 is 19.3 Å². The van der Waals surface area contributed by atoms with E-state index < -0.39 is 0 Å². The Morgan fingerprint density at radius 2 is 1.48 bits per heavy atom. The number of aromatic nitrogens is 4. The Bertz CT molecular complexity index is 1830. The molecule has 6 rings (SSSR count). The summed E-state index contributed by atoms with van der Waals surface area (Å²) in [5, 5.41) is 13.6. The number of nitrogens with one attached hydrogen (secondary N) is 1. The summed E-state index contributed by atoms with van der Waals surface area (Å²) in [5.74, 6) is 2.07. The number of nitrogens with zero attached hydrogens (tertiary/aromatic N) is 4. The minimum absolute atomic E-state index is 0.0965. The minimum atomic E-state index is -0.305. The van der Waals surface area contributed by atoms with Crippen LogP contribution in [0, 0.1) is 0 Å². The monoisotopic (exact) mass is 587 g/mol. The third-order valence-corrected chi connectivity index (χ3v) is 7.31. The topological polar surface area (TPSA) is 104 Å². The summed E-state index contributed by atoms with van der Waals surface area (Å²) >= 11 is 0. The molecule has 0 aliphatic heterocycles. The molecule has 0 saturated heterocycles. The lowest BCUT2D eigenvalue weighted by atomic mass is 10.0. The van der Waals surface area contributed by atoms with Gasteiger partial charge in [0.15, 0.2) is 28.5 Å². The summed E-state index contributed by atoms with van der Waals surface area (Å²) < 4.78 is 18.9. The van der Waals surface area contributed by atoms with Crippen LogP contribution < -0.4 is 19.5 Å². The van der Waals surface area contributed by atoms with Crippen LogP contribution in [0.25, 0.3) is 22.3 Å². The average molecular weight is 588 g/mol. The molecular weight excluding hydrogens is 554 g/mol. The van der Waals surface area contributed by atoms with Crippen molar-refractivity contribution in [2.75, 3.05) is 26.1 Å². The van der Waals surface area contributed by atoms with Crippen molar-refractivity contribution >= 4 is 17.0 Å². The Kier molecular flexibility index (Phi) is 8.65. The highest BCUT2D eigenvalue weighted by Crippen LogP contribution is 2.33. The first-order valence-corrected chi connectivity index (χ1v) is 14.3. The number of ether oxygens (including phenoxy) is 3. The van der Waals surface area contributed by atoms with E-state index in [0.29, 0.717) is 47.2 Å². The summed E-state index contributed by atoms with van der Waals surface area (Å²) in [6, 6.07) is 33.8. The molecule has 4 aromatic carbocycles. The second-order valence-electron chi connectivity index (χ2n) is 10.3. The second kappa shape index (κ2) is 13.3. The highest BCUT2D eigenvalue weighted by molar-refractivity contribution is 5.83. The van der Waals surface area contributed by atoms with Crippen LogP contribution >= 0.6 is 0 Å². The smallest absolute Gasteiger partial charge is 0.326 e. The number of hydrogen-bond acceptors (Lipinski definition) is 8. The molecule has 6 aromatic rings. The van der Waals surface area contributed by atoms with E-state index in [2.05, 4.69) is 51.7 Å².